The third kappa shape index (κ3) is 12.3. The van der Waals surface area contributed by atoms with Gasteiger partial charge in [0.1, 0.15) is 0 Å². The molecule has 0 aliphatic heterocycles. The van der Waals surface area contributed by atoms with Crippen LogP contribution in [0, 0.1) is 0 Å². The maximum atomic E-state index is 2.32. The van der Waals surface area contributed by atoms with Gasteiger partial charge in [-0.15, -0.1) is 104 Å². The normalized spacial score (nSPS) is 9.74. The fourth-order valence-corrected chi connectivity index (χ4v) is 7.11. The van der Waals surface area contributed by atoms with Crippen LogP contribution < -0.4 is 14.1 Å². The Hall–Kier alpha value is -3.41. The van der Waals surface area contributed by atoms with Gasteiger partial charge in [-0.2, -0.15) is 18.2 Å². The van der Waals surface area contributed by atoms with Crippen molar-refractivity contribution in [3.63, 3.8) is 0 Å². The summed E-state index contributed by atoms with van der Waals surface area (Å²) in [7, 11) is 0. The SMILES string of the molecule is CCc1cc2c(-c3ccccc3)cccc2[cH-]1.CCc1cc2c(-c3ccccc3)cccc2[cH-]1.CCc1cc2c(-c3ccccc3)cccc2[cH-]1.[F-].[F-].[F-].[Zr+2].[Zr+2].[Zr+2]. The largest absolute Gasteiger partial charge is 2.00 e. The fraction of sp³-hybridized carbons (Fsp3) is 0.118. The number of fused-ring (bicyclic) bond motifs is 3. The summed E-state index contributed by atoms with van der Waals surface area (Å²) in [4.78, 5) is 0. The van der Waals surface area contributed by atoms with Gasteiger partial charge in [-0.05, 0) is 36.0 Å². The number of hydrogen-bond donors (Lipinski definition) is 0. The molecule has 0 unspecified atom stereocenters. The van der Waals surface area contributed by atoms with Crippen molar-refractivity contribution in [2.24, 2.45) is 0 Å². The quantitative estimate of drug-likeness (QED) is 0.197. The number of hydrogen-bond acceptors (Lipinski definition) is 0. The summed E-state index contributed by atoms with van der Waals surface area (Å²) in [6, 6.07) is 65.3. The molecule has 0 saturated carbocycles. The number of aryl methyl sites for hydroxylation is 3. The topological polar surface area (TPSA) is 0 Å². The van der Waals surface area contributed by atoms with Crippen LogP contribution in [-0.2, 0) is 97.9 Å². The first-order chi connectivity index (χ1) is 25.1. The summed E-state index contributed by atoms with van der Waals surface area (Å²) in [5, 5.41) is 8.16. The van der Waals surface area contributed by atoms with Gasteiger partial charge in [0, 0.05) is 0 Å². The number of benzene rings is 6. The average molecular weight is 989 g/mol. The summed E-state index contributed by atoms with van der Waals surface area (Å²) in [5.41, 5.74) is 12.2. The zero-order chi connectivity index (χ0) is 35.0. The molecule has 0 amide bonds. The molecule has 0 radical (unpaired) electrons. The van der Waals surface area contributed by atoms with Crippen molar-refractivity contribution in [1.29, 1.82) is 0 Å². The predicted molar refractivity (Wildman–Crippen MR) is 223 cm³/mol. The second kappa shape index (κ2) is 25.2. The molecule has 0 nitrogen and oxygen atoms in total. The molecular weight excluding hydrogens is 943 g/mol. The van der Waals surface area contributed by atoms with Crippen molar-refractivity contribution in [3.8, 4) is 33.4 Å². The van der Waals surface area contributed by atoms with Crippen molar-refractivity contribution in [2.75, 3.05) is 0 Å². The Morgan fingerprint density at radius 1 is 0.316 bits per heavy atom. The molecule has 0 fully saturated rings. The van der Waals surface area contributed by atoms with E-state index in [0.29, 0.717) is 0 Å². The molecule has 9 aromatic carbocycles. The monoisotopic (exact) mass is 984 g/mol. The summed E-state index contributed by atoms with van der Waals surface area (Å²) < 4.78 is 0. The average Bonchev–Trinajstić information content (AvgIpc) is 3.95. The zero-order valence-corrected chi connectivity index (χ0v) is 39.9. The minimum atomic E-state index is 0. The van der Waals surface area contributed by atoms with E-state index in [1.165, 1.54) is 82.4 Å². The van der Waals surface area contributed by atoms with Gasteiger partial charge < -0.3 is 14.1 Å². The predicted octanol–water partition coefficient (Wildman–Crippen LogP) is 5.37. The maximum absolute atomic E-state index is 2.32. The summed E-state index contributed by atoms with van der Waals surface area (Å²) in [6.45, 7) is 6.61. The number of rotatable bonds is 6. The molecule has 0 atom stereocenters. The van der Waals surface area contributed by atoms with Crippen LogP contribution in [0.1, 0.15) is 37.5 Å². The van der Waals surface area contributed by atoms with Gasteiger partial charge in [-0.3, -0.25) is 0 Å². The van der Waals surface area contributed by atoms with E-state index >= 15 is 0 Å². The van der Waals surface area contributed by atoms with E-state index in [1.54, 1.807) is 0 Å². The Bertz CT molecular complexity index is 2200. The molecule has 0 aliphatic rings. The van der Waals surface area contributed by atoms with Crippen LogP contribution in [0.15, 0.2) is 182 Å². The van der Waals surface area contributed by atoms with Gasteiger partial charge in [-0.25, -0.2) is 0 Å². The Morgan fingerprint density at radius 2 is 0.561 bits per heavy atom. The van der Waals surface area contributed by atoms with Gasteiger partial charge in [-0.1, -0.05) is 147 Å². The van der Waals surface area contributed by atoms with Crippen LogP contribution in [0.3, 0.4) is 0 Å². The van der Waals surface area contributed by atoms with E-state index in [4.69, 9.17) is 0 Å². The van der Waals surface area contributed by atoms with Crippen molar-refractivity contribution >= 4 is 32.3 Å². The molecule has 0 aliphatic carbocycles. The Kier molecular flexibility index (Phi) is 22.8. The molecule has 0 aromatic heterocycles. The number of halogens is 3. The van der Waals surface area contributed by atoms with E-state index < -0.39 is 0 Å². The van der Waals surface area contributed by atoms with Gasteiger partial charge in [0.25, 0.3) is 0 Å². The Balaban J connectivity index is 0.000000406. The van der Waals surface area contributed by atoms with Gasteiger partial charge >= 0.3 is 78.6 Å². The van der Waals surface area contributed by atoms with E-state index in [1.807, 2.05) is 0 Å². The Labute approximate surface area is 393 Å². The van der Waals surface area contributed by atoms with E-state index in [-0.39, 0.29) is 92.7 Å². The van der Waals surface area contributed by atoms with Gasteiger partial charge in [0.05, 0.1) is 0 Å². The molecular formula is C51H45F3Zr3. The van der Waals surface area contributed by atoms with E-state index in [0.717, 1.165) is 19.3 Å². The molecule has 0 heterocycles. The van der Waals surface area contributed by atoms with Crippen molar-refractivity contribution in [1.82, 2.24) is 0 Å². The molecule has 0 spiro atoms. The van der Waals surface area contributed by atoms with Crippen LogP contribution in [0.5, 0.6) is 0 Å². The van der Waals surface area contributed by atoms with Crippen LogP contribution in [0.25, 0.3) is 65.7 Å². The molecule has 0 bridgehead atoms. The third-order valence-corrected chi connectivity index (χ3v) is 9.91. The summed E-state index contributed by atoms with van der Waals surface area (Å²) in [5.74, 6) is 0. The second-order valence-electron chi connectivity index (χ2n) is 13.2. The summed E-state index contributed by atoms with van der Waals surface area (Å²) >= 11 is 0. The van der Waals surface area contributed by atoms with E-state index in [2.05, 4.69) is 203 Å². The first-order valence-electron chi connectivity index (χ1n) is 18.4. The molecule has 0 N–H and O–H groups in total. The van der Waals surface area contributed by atoms with Crippen molar-refractivity contribution in [3.05, 3.63) is 199 Å². The second-order valence-corrected chi connectivity index (χ2v) is 13.2. The van der Waals surface area contributed by atoms with Gasteiger partial charge in [0.2, 0.25) is 0 Å². The van der Waals surface area contributed by atoms with Crippen LogP contribution >= 0.6 is 0 Å². The Morgan fingerprint density at radius 3 is 0.789 bits per heavy atom. The molecule has 9 aromatic rings. The third-order valence-electron chi connectivity index (χ3n) is 9.91. The summed E-state index contributed by atoms with van der Waals surface area (Å²) in [6.07, 6.45) is 3.30. The first kappa shape index (κ1) is 51.6. The minimum absolute atomic E-state index is 0. The van der Waals surface area contributed by atoms with Crippen molar-refractivity contribution < 1.29 is 92.7 Å². The molecule has 9 rings (SSSR count). The van der Waals surface area contributed by atoms with Crippen LogP contribution in [-0.4, -0.2) is 0 Å². The zero-order valence-electron chi connectivity index (χ0n) is 32.6. The smallest absolute Gasteiger partial charge is 1.00 e. The molecule has 282 valence electrons. The van der Waals surface area contributed by atoms with Crippen LogP contribution in [0.4, 0.5) is 0 Å². The van der Waals surface area contributed by atoms with Crippen LogP contribution in [0.2, 0.25) is 0 Å². The minimum Gasteiger partial charge on any atom is -1.00 e. The van der Waals surface area contributed by atoms with Gasteiger partial charge in [0.15, 0.2) is 0 Å². The standard InChI is InChI=1S/3C17H15.3FH.3Zr/c3*1-2-13-11-15-9-6-10-16(17(15)12-13)14-7-4-3-5-8-14;;;;;;/h3*3-12H,2H2,1H3;3*1H;;;/q3*-1;;;;3*+2/p-3. The molecule has 6 heteroatoms. The van der Waals surface area contributed by atoms with Crippen molar-refractivity contribution in [2.45, 2.75) is 40.0 Å². The maximum Gasteiger partial charge on any atom is 2.00 e. The molecule has 0 saturated heterocycles. The molecule has 57 heavy (non-hydrogen) atoms. The first-order valence-corrected chi connectivity index (χ1v) is 18.4. The van der Waals surface area contributed by atoms with E-state index in [9.17, 15) is 0 Å². The fourth-order valence-electron chi connectivity index (χ4n) is 7.11.